The maximum atomic E-state index is 12.3. The molecule has 1 aliphatic rings. The number of para-hydroxylation sites is 2. The molecule has 0 fully saturated rings. The van der Waals surface area contributed by atoms with E-state index >= 15 is 0 Å². The molecule has 22 heavy (non-hydrogen) atoms. The molecule has 0 amide bonds. The van der Waals surface area contributed by atoms with Gasteiger partial charge in [0.25, 0.3) is 5.22 Å². The van der Waals surface area contributed by atoms with Crippen molar-refractivity contribution >= 4 is 28.6 Å². The van der Waals surface area contributed by atoms with Crippen LogP contribution in [0.3, 0.4) is 0 Å². The van der Waals surface area contributed by atoms with Crippen molar-refractivity contribution in [3.05, 3.63) is 53.6 Å². The summed E-state index contributed by atoms with van der Waals surface area (Å²) >= 11 is 1.32. The SMILES string of the molecule is O=C(CSc1nc2ccccc2o1)c1ccc2c(c1)CCO2. The Hall–Kier alpha value is -2.27. The van der Waals surface area contributed by atoms with Gasteiger partial charge in [-0.15, -0.1) is 0 Å². The van der Waals surface area contributed by atoms with Gasteiger partial charge in [0, 0.05) is 12.0 Å². The van der Waals surface area contributed by atoms with Crippen molar-refractivity contribution in [1.82, 2.24) is 4.98 Å². The summed E-state index contributed by atoms with van der Waals surface area (Å²) in [7, 11) is 0. The lowest BCUT2D eigenvalue weighted by molar-refractivity contribution is 0.102. The first-order chi connectivity index (χ1) is 10.8. The third-order valence-corrected chi connectivity index (χ3v) is 4.44. The number of rotatable bonds is 4. The number of benzene rings is 2. The van der Waals surface area contributed by atoms with Gasteiger partial charge in [0.1, 0.15) is 11.3 Å². The summed E-state index contributed by atoms with van der Waals surface area (Å²) in [5, 5.41) is 0.527. The van der Waals surface area contributed by atoms with E-state index in [-0.39, 0.29) is 5.78 Å². The Labute approximate surface area is 131 Å². The van der Waals surface area contributed by atoms with Crippen LogP contribution in [0.2, 0.25) is 0 Å². The highest BCUT2D eigenvalue weighted by Gasteiger charge is 2.16. The summed E-state index contributed by atoms with van der Waals surface area (Å²) in [6.07, 6.45) is 0.870. The molecule has 0 bridgehead atoms. The molecule has 2 heterocycles. The Morgan fingerprint density at radius 2 is 2.14 bits per heavy atom. The summed E-state index contributed by atoms with van der Waals surface area (Å²) in [5.74, 6) is 1.28. The second-order valence-electron chi connectivity index (χ2n) is 5.08. The van der Waals surface area contributed by atoms with Crippen LogP contribution in [0.15, 0.2) is 52.1 Å². The lowest BCUT2D eigenvalue weighted by atomic mass is 10.1. The van der Waals surface area contributed by atoms with Crippen LogP contribution in [0.1, 0.15) is 15.9 Å². The Morgan fingerprint density at radius 3 is 3.05 bits per heavy atom. The van der Waals surface area contributed by atoms with E-state index in [4.69, 9.17) is 9.15 Å². The van der Waals surface area contributed by atoms with Crippen LogP contribution in [-0.4, -0.2) is 23.1 Å². The Kier molecular flexibility index (Phi) is 3.35. The monoisotopic (exact) mass is 311 g/mol. The molecule has 2 aromatic carbocycles. The molecular formula is C17H13NO3S. The standard InChI is InChI=1S/C17H13NO3S/c19-14(11-5-6-15-12(9-11)7-8-20-15)10-22-17-18-13-3-1-2-4-16(13)21-17/h1-6,9H,7-8,10H2. The Bertz CT molecular complexity index is 823. The second-order valence-corrected chi connectivity index (χ2v) is 6.01. The van der Waals surface area contributed by atoms with Gasteiger partial charge in [-0.3, -0.25) is 4.79 Å². The maximum absolute atomic E-state index is 12.3. The van der Waals surface area contributed by atoms with Crippen LogP contribution >= 0.6 is 11.8 Å². The normalized spacial score (nSPS) is 13.1. The van der Waals surface area contributed by atoms with Crippen LogP contribution in [0.25, 0.3) is 11.1 Å². The number of fused-ring (bicyclic) bond motifs is 2. The number of nitrogens with zero attached hydrogens (tertiary/aromatic N) is 1. The van der Waals surface area contributed by atoms with Crippen molar-refractivity contribution in [1.29, 1.82) is 0 Å². The molecule has 1 aromatic heterocycles. The highest BCUT2D eigenvalue weighted by molar-refractivity contribution is 7.99. The molecule has 4 rings (SSSR count). The summed E-state index contributed by atoms with van der Waals surface area (Å²) in [6, 6.07) is 13.2. The van der Waals surface area contributed by atoms with Crippen molar-refractivity contribution in [2.24, 2.45) is 0 Å². The fourth-order valence-corrected chi connectivity index (χ4v) is 3.22. The van der Waals surface area contributed by atoms with Gasteiger partial charge in [0.05, 0.1) is 12.4 Å². The molecule has 0 atom stereocenters. The van der Waals surface area contributed by atoms with Gasteiger partial charge >= 0.3 is 0 Å². The molecule has 110 valence electrons. The first-order valence-corrected chi connectivity index (χ1v) is 8.05. The highest BCUT2D eigenvalue weighted by atomic mass is 32.2. The molecule has 3 aromatic rings. The minimum absolute atomic E-state index is 0.0713. The number of oxazole rings is 1. The average Bonchev–Trinajstić information content (AvgIpc) is 3.17. The van der Waals surface area contributed by atoms with Crippen molar-refractivity contribution in [3.63, 3.8) is 0 Å². The van der Waals surface area contributed by atoms with E-state index in [1.165, 1.54) is 11.8 Å². The average molecular weight is 311 g/mol. The first kappa shape index (κ1) is 13.4. The molecule has 0 N–H and O–H groups in total. The minimum Gasteiger partial charge on any atom is -0.493 e. The van der Waals surface area contributed by atoms with Crippen molar-refractivity contribution in [2.45, 2.75) is 11.6 Å². The van der Waals surface area contributed by atoms with Gasteiger partial charge in [-0.25, -0.2) is 4.98 Å². The predicted molar refractivity (Wildman–Crippen MR) is 84.7 cm³/mol. The van der Waals surface area contributed by atoms with Crippen LogP contribution in [0, 0.1) is 0 Å². The minimum atomic E-state index is 0.0713. The van der Waals surface area contributed by atoms with Crippen LogP contribution in [0.5, 0.6) is 5.75 Å². The zero-order valence-electron chi connectivity index (χ0n) is 11.7. The smallest absolute Gasteiger partial charge is 0.257 e. The molecule has 0 saturated heterocycles. The van der Waals surface area contributed by atoms with Gasteiger partial charge in [0.15, 0.2) is 11.4 Å². The molecule has 0 unspecified atom stereocenters. The molecule has 0 saturated carbocycles. The van der Waals surface area contributed by atoms with Crippen molar-refractivity contribution < 1.29 is 13.9 Å². The number of carbonyl (C=O) groups is 1. The van der Waals surface area contributed by atoms with Gasteiger partial charge in [-0.05, 0) is 35.9 Å². The van der Waals surface area contributed by atoms with Gasteiger partial charge in [-0.2, -0.15) is 0 Å². The lowest BCUT2D eigenvalue weighted by Crippen LogP contribution is -2.02. The van der Waals surface area contributed by atoms with Gasteiger partial charge in [0.2, 0.25) is 0 Å². The third kappa shape index (κ3) is 2.48. The van der Waals surface area contributed by atoms with E-state index in [1.807, 2.05) is 42.5 Å². The number of carbonyl (C=O) groups excluding carboxylic acids is 1. The summed E-state index contributed by atoms with van der Waals surface area (Å²) in [5.41, 5.74) is 3.38. The molecule has 0 aliphatic carbocycles. The summed E-state index contributed by atoms with van der Waals surface area (Å²) in [6.45, 7) is 0.699. The van der Waals surface area contributed by atoms with Crippen LogP contribution < -0.4 is 4.74 Å². The van der Waals surface area contributed by atoms with E-state index in [0.717, 1.165) is 28.8 Å². The third-order valence-electron chi connectivity index (χ3n) is 3.61. The van der Waals surface area contributed by atoms with E-state index in [0.29, 0.717) is 23.1 Å². The summed E-state index contributed by atoms with van der Waals surface area (Å²) < 4.78 is 11.1. The number of aromatic nitrogens is 1. The quantitative estimate of drug-likeness (QED) is 0.543. The zero-order chi connectivity index (χ0) is 14.9. The predicted octanol–water partition coefficient (Wildman–Crippen LogP) is 3.74. The maximum Gasteiger partial charge on any atom is 0.257 e. The van der Waals surface area contributed by atoms with Crippen LogP contribution in [0.4, 0.5) is 0 Å². The first-order valence-electron chi connectivity index (χ1n) is 7.07. The molecular weight excluding hydrogens is 298 g/mol. The topological polar surface area (TPSA) is 52.3 Å². The van der Waals surface area contributed by atoms with E-state index in [1.54, 1.807) is 0 Å². The molecule has 0 spiro atoms. The Morgan fingerprint density at radius 1 is 1.23 bits per heavy atom. The van der Waals surface area contributed by atoms with E-state index < -0.39 is 0 Å². The largest absolute Gasteiger partial charge is 0.493 e. The Balaban J connectivity index is 1.47. The highest BCUT2D eigenvalue weighted by Crippen LogP contribution is 2.27. The number of hydrogen-bond donors (Lipinski definition) is 0. The van der Waals surface area contributed by atoms with Crippen molar-refractivity contribution in [2.75, 3.05) is 12.4 Å². The van der Waals surface area contributed by atoms with Crippen LogP contribution in [-0.2, 0) is 6.42 Å². The number of ketones is 1. The number of ether oxygens (including phenoxy) is 1. The number of hydrogen-bond acceptors (Lipinski definition) is 5. The number of thioether (sulfide) groups is 1. The van der Waals surface area contributed by atoms with E-state index in [2.05, 4.69) is 4.98 Å². The van der Waals surface area contributed by atoms with Gasteiger partial charge < -0.3 is 9.15 Å². The molecule has 0 radical (unpaired) electrons. The molecule has 5 heteroatoms. The zero-order valence-corrected chi connectivity index (χ0v) is 12.6. The fraction of sp³-hybridized carbons (Fsp3) is 0.176. The molecule has 1 aliphatic heterocycles. The van der Waals surface area contributed by atoms with Crippen molar-refractivity contribution in [3.8, 4) is 5.75 Å². The number of Topliss-reactive ketones (excluding diaryl/α,β-unsaturated/α-hetero) is 1. The molecule has 4 nitrogen and oxygen atoms in total. The summed E-state index contributed by atoms with van der Waals surface area (Å²) in [4.78, 5) is 16.7. The van der Waals surface area contributed by atoms with E-state index in [9.17, 15) is 4.79 Å². The second kappa shape index (κ2) is 5.50. The fourth-order valence-electron chi connectivity index (χ4n) is 2.48. The van der Waals surface area contributed by atoms with Gasteiger partial charge in [-0.1, -0.05) is 23.9 Å². The lowest BCUT2D eigenvalue weighted by Gasteiger charge is -2.02.